The van der Waals surface area contributed by atoms with Crippen LogP contribution in [0.15, 0.2) is 60.7 Å². The largest absolute Gasteiger partial charge is 0.334 e. The van der Waals surface area contributed by atoms with E-state index in [-0.39, 0.29) is 37.5 Å². The molecule has 2 aliphatic heterocycles. The van der Waals surface area contributed by atoms with Crippen LogP contribution in [0.25, 0.3) is 0 Å². The second kappa shape index (κ2) is 12.0. The highest BCUT2D eigenvalue weighted by molar-refractivity contribution is 7.98. The molecule has 2 heterocycles. The summed E-state index contributed by atoms with van der Waals surface area (Å²) < 4.78 is 0. The summed E-state index contributed by atoms with van der Waals surface area (Å²) in [6.45, 7) is 0.999. The molecule has 4 rings (SSSR count). The first-order chi connectivity index (χ1) is 17.5. The number of rotatable bonds is 8. The quantitative estimate of drug-likeness (QED) is 0.558. The maximum atomic E-state index is 13.6. The van der Waals surface area contributed by atoms with Gasteiger partial charge in [0.2, 0.25) is 11.8 Å². The van der Waals surface area contributed by atoms with Gasteiger partial charge in [-0.1, -0.05) is 66.6 Å². The van der Waals surface area contributed by atoms with Crippen LogP contribution >= 0.6 is 11.8 Å². The predicted molar refractivity (Wildman–Crippen MR) is 140 cm³/mol. The lowest BCUT2D eigenvalue weighted by atomic mass is 10.0. The van der Waals surface area contributed by atoms with Crippen LogP contribution in [-0.2, 0) is 22.7 Å². The highest BCUT2D eigenvalue weighted by atomic mass is 32.2. The molecular formula is C27H31N5O3S. The van der Waals surface area contributed by atoms with E-state index in [1.165, 1.54) is 0 Å². The number of nitrogens with one attached hydrogen (secondary N) is 1. The normalized spacial score (nSPS) is 20.2. The van der Waals surface area contributed by atoms with Gasteiger partial charge in [0.1, 0.15) is 12.2 Å². The first kappa shape index (κ1) is 25.6. The van der Waals surface area contributed by atoms with Gasteiger partial charge in [-0.2, -0.15) is 16.8 Å². The van der Waals surface area contributed by atoms with Gasteiger partial charge in [0.25, 0.3) is 0 Å². The molecule has 8 nitrogen and oxygen atoms in total. The van der Waals surface area contributed by atoms with Crippen molar-refractivity contribution in [1.82, 2.24) is 25.1 Å². The molecule has 0 bridgehead atoms. The average molecular weight is 506 g/mol. The van der Waals surface area contributed by atoms with E-state index in [1.807, 2.05) is 66.9 Å². The number of hydrogen-bond donors (Lipinski definition) is 1. The van der Waals surface area contributed by atoms with E-state index in [9.17, 15) is 14.4 Å². The monoisotopic (exact) mass is 505 g/mol. The SMILES string of the molecule is C#CCN1CC(=O)N2[C@@H](CCSC)C(=O)N(Cc3ccccc3)C[C@@H]2N1C(=O)NCc1ccccc1. The number of carbonyl (C=O) groups is 3. The van der Waals surface area contributed by atoms with Crippen molar-refractivity contribution in [3.8, 4) is 12.3 Å². The Morgan fingerprint density at radius 3 is 2.39 bits per heavy atom. The van der Waals surface area contributed by atoms with Gasteiger partial charge in [-0.25, -0.2) is 9.80 Å². The van der Waals surface area contributed by atoms with Gasteiger partial charge in [-0.15, -0.1) is 6.42 Å². The van der Waals surface area contributed by atoms with Crippen LogP contribution < -0.4 is 5.32 Å². The lowest BCUT2D eigenvalue weighted by Gasteiger charge is -2.55. The van der Waals surface area contributed by atoms with Gasteiger partial charge < -0.3 is 15.1 Å². The Labute approximate surface area is 216 Å². The van der Waals surface area contributed by atoms with Crippen LogP contribution in [0.5, 0.6) is 0 Å². The number of amides is 4. The van der Waals surface area contributed by atoms with Crippen molar-refractivity contribution in [2.75, 3.05) is 31.6 Å². The van der Waals surface area contributed by atoms with Gasteiger partial charge in [0, 0.05) is 13.1 Å². The van der Waals surface area contributed by atoms with Crippen molar-refractivity contribution in [2.24, 2.45) is 0 Å². The number of urea groups is 1. The fourth-order valence-corrected chi connectivity index (χ4v) is 5.20. The third-order valence-electron chi connectivity index (χ3n) is 6.41. The maximum Gasteiger partial charge on any atom is 0.334 e. The van der Waals surface area contributed by atoms with Crippen molar-refractivity contribution < 1.29 is 14.4 Å². The Morgan fingerprint density at radius 2 is 1.75 bits per heavy atom. The Morgan fingerprint density at radius 1 is 1.08 bits per heavy atom. The minimum atomic E-state index is -0.649. The second-order valence-corrected chi connectivity index (χ2v) is 9.78. The van der Waals surface area contributed by atoms with Crippen molar-refractivity contribution in [2.45, 2.75) is 31.7 Å². The molecule has 2 aliphatic rings. The summed E-state index contributed by atoms with van der Waals surface area (Å²) in [5.41, 5.74) is 1.95. The van der Waals surface area contributed by atoms with Gasteiger partial charge in [-0.05, 0) is 29.6 Å². The summed E-state index contributed by atoms with van der Waals surface area (Å²) in [4.78, 5) is 43.8. The molecule has 1 N–H and O–H groups in total. The number of thioether (sulfide) groups is 1. The van der Waals surface area contributed by atoms with Gasteiger partial charge >= 0.3 is 6.03 Å². The Bertz CT molecular complexity index is 1110. The van der Waals surface area contributed by atoms with Crippen LogP contribution in [0.3, 0.4) is 0 Å². The highest BCUT2D eigenvalue weighted by Crippen LogP contribution is 2.29. The maximum absolute atomic E-state index is 13.6. The number of carbonyl (C=O) groups excluding carboxylic acids is 3. The van der Waals surface area contributed by atoms with Crippen molar-refractivity contribution in [1.29, 1.82) is 0 Å². The van der Waals surface area contributed by atoms with Crippen molar-refractivity contribution >= 4 is 29.6 Å². The molecular weight excluding hydrogens is 474 g/mol. The smallest absolute Gasteiger partial charge is 0.333 e. The molecule has 0 radical (unpaired) electrons. The molecule has 0 aromatic heterocycles. The summed E-state index contributed by atoms with van der Waals surface area (Å²) in [7, 11) is 0. The third-order valence-corrected chi connectivity index (χ3v) is 7.05. The van der Waals surface area contributed by atoms with E-state index in [1.54, 1.807) is 31.6 Å². The van der Waals surface area contributed by atoms with E-state index in [4.69, 9.17) is 6.42 Å². The summed E-state index contributed by atoms with van der Waals surface area (Å²) in [5.74, 6) is 3.01. The highest BCUT2D eigenvalue weighted by Gasteiger charge is 2.51. The van der Waals surface area contributed by atoms with E-state index in [2.05, 4.69) is 11.2 Å². The number of hydrazine groups is 1. The molecule has 0 saturated carbocycles. The molecule has 2 aromatic carbocycles. The minimum absolute atomic E-state index is 0.0544. The molecule has 0 unspecified atom stereocenters. The average Bonchev–Trinajstić information content (AvgIpc) is 2.89. The van der Waals surface area contributed by atoms with Crippen molar-refractivity contribution in [3.05, 3.63) is 71.8 Å². The van der Waals surface area contributed by atoms with E-state index in [0.717, 1.165) is 16.9 Å². The fourth-order valence-electron chi connectivity index (χ4n) is 4.74. The number of nitrogens with zero attached hydrogens (tertiary/aromatic N) is 4. The fraction of sp³-hybridized carbons (Fsp3) is 0.370. The molecule has 188 valence electrons. The molecule has 2 atom stereocenters. The van der Waals surface area contributed by atoms with Crippen LogP contribution in [-0.4, -0.2) is 81.5 Å². The molecule has 9 heteroatoms. The van der Waals surface area contributed by atoms with Crippen LogP contribution in [0.4, 0.5) is 4.79 Å². The summed E-state index contributed by atoms with van der Waals surface area (Å²) in [6, 6.07) is 18.4. The zero-order valence-electron chi connectivity index (χ0n) is 20.4. The zero-order chi connectivity index (χ0) is 25.5. The summed E-state index contributed by atoms with van der Waals surface area (Å²) in [6.07, 6.45) is 7.44. The van der Waals surface area contributed by atoms with Crippen LogP contribution in [0.1, 0.15) is 17.5 Å². The molecule has 0 spiro atoms. The Hall–Kier alpha value is -3.48. The summed E-state index contributed by atoms with van der Waals surface area (Å²) in [5, 5.41) is 6.12. The van der Waals surface area contributed by atoms with Gasteiger partial charge in [0.05, 0.1) is 19.6 Å². The number of hydrogen-bond acceptors (Lipinski definition) is 5. The molecule has 2 saturated heterocycles. The van der Waals surface area contributed by atoms with E-state index in [0.29, 0.717) is 19.5 Å². The minimum Gasteiger partial charge on any atom is -0.333 e. The molecule has 0 aliphatic carbocycles. The number of terminal acetylenes is 1. The zero-order valence-corrected chi connectivity index (χ0v) is 21.2. The van der Waals surface area contributed by atoms with E-state index < -0.39 is 12.2 Å². The second-order valence-electron chi connectivity index (χ2n) is 8.80. The molecule has 36 heavy (non-hydrogen) atoms. The van der Waals surface area contributed by atoms with Crippen LogP contribution in [0, 0.1) is 12.3 Å². The lowest BCUT2D eigenvalue weighted by Crippen LogP contribution is -2.76. The lowest BCUT2D eigenvalue weighted by molar-refractivity contribution is -0.189. The molecule has 2 aromatic rings. The molecule has 4 amide bonds. The first-order valence-corrected chi connectivity index (χ1v) is 13.3. The number of fused-ring (bicyclic) bond motifs is 1. The Balaban J connectivity index is 1.64. The standard InChI is InChI=1S/C27H31N5O3S/c1-3-15-30-20-25(33)31-23(14-16-36-2)26(34)29(18-22-12-8-5-9-13-22)19-24(31)32(30)27(35)28-17-21-10-6-4-7-11-21/h1,4-13,23-24H,14-20H2,2H3,(H,28,35)/t23-,24-/m0/s1. The summed E-state index contributed by atoms with van der Waals surface area (Å²) >= 11 is 1.63. The van der Waals surface area contributed by atoms with Crippen molar-refractivity contribution in [3.63, 3.8) is 0 Å². The number of benzene rings is 2. The Kier molecular flexibility index (Phi) is 8.52. The predicted octanol–water partition coefficient (Wildman–Crippen LogP) is 2.38. The third kappa shape index (κ3) is 5.66. The number of piperazine rings is 1. The van der Waals surface area contributed by atoms with Gasteiger partial charge in [0.15, 0.2) is 0 Å². The van der Waals surface area contributed by atoms with Crippen LogP contribution in [0.2, 0.25) is 0 Å². The molecule has 2 fully saturated rings. The first-order valence-electron chi connectivity index (χ1n) is 12.0. The topological polar surface area (TPSA) is 76.2 Å². The van der Waals surface area contributed by atoms with Gasteiger partial charge in [-0.3, -0.25) is 9.59 Å². The van der Waals surface area contributed by atoms with E-state index >= 15 is 0 Å².